The van der Waals surface area contributed by atoms with Crippen molar-refractivity contribution in [1.82, 2.24) is 5.32 Å². The SMILES string of the molecule is CCNC(c1ccc(Cl)cc1F)C1C(C)(C)C1(C)C. The third-order valence-electron chi connectivity index (χ3n) is 5.19. The van der Waals surface area contributed by atoms with E-state index in [-0.39, 0.29) is 22.7 Å². The molecule has 0 bridgehead atoms. The van der Waals surface area contributed by atoms with Crippen LogP contribution in [0.2, 0.25) is 5.02 Å². The average molecular weight is 284 g/mol. The molecule has 1 nitrogen and oxygen atoms in total. The van der Waals surface area contributed by atoms with E-state index in [0.717, 1.165) is 12.1 Å². The third kappa shape index (κ3) is 2.30. The monoisotopic (exact) mass is 283 g/mol. The van der Waals surface area contributed by atoms with Gasteiger partial charge in [0.25, 0.3) is 0 Å². The van der Waals surface area contributed by atoms with E-state index >= 15 is 0 Å². The fraction of sp³-hybridized carbons (Fsp3) is 0.625. The van der Waals surface area contributed by atoms with E-state index in [2.05, 4.69) is 39.9 Å². The van der Waals surface area contributed by atoms with Crippen LogP contribution in [-0.4, -0.2) is 6.54 Å². The Labute approximate surface area is 120 Å². The molecule has 1 saturated carbocycles. The summed E-state index contributed by atoms with van der Waals surface area (Å²) >= 11 is 5.85. The maximum atomic E-state index is 14.2. The van der Waals surface area contributed by atoms with Crippen LogP contribution in [0, 0.1) is 22.6 Å². The molecule has 1 fully saturated rings. The van der Waals surface area contributed by atoms with E-state index in [1.165, 1.54) is 6.07 Å². The standard InChI is InChI=1S/C16H23ClFN/c1-6-19-13(14-15(2,3)16(14,4)5)11-8-7-10(17)9-12(11)18/h7-9,13-14,19H,6H2,1-5H3. The lowest BCUT2D eigenvalue weighted by atomic mass is 9.96. The van der Waals surface area contributed by atoms with Crippen LogP contribution >= 0.6 is 11.6 Å². The fourth-order valence-electron chi connectivity index (χ4n) is 3.46. The van der Waals surface area contributed by atoms with Gasteiger partial charge in [-0.2, -0.15) is 0 Å². The van der Waals surface area contributed by atoms with E-state index in [0.29, 0.717) is 10.9 Å². The molecular formula is C16H23ClFN. The van der Waals surface area contributed by atoms with Crippen LogP contribution in [0.3, 0.4) is 0 Å². The fourth-order valence-corrected chi connectivity index (χ4v) is 3.62. The molecule has 1 atom stereocenters. The molecule has 0 heterocycles. The van der Waals surface area contributed by atoms with Crippen molar-refractivity contribution in [3.63, 3.8) is 0 Å². The van der Waals surface area contributed by atoms with E-state index in [1.54, 1.807) is 6.07 Å². The lowest BCUT2D eigenvalue weighted by Gasteiger charge is -2.21. The first kappa shape index (κ1) is 14.8. The van der Waals surface area contributed by atoms with Gasteiger partial charge in [-0.05, 0) is 35.4 Å². The average Bonchev–Trinajstić information content (AvgIpc) is 2.67. The second-order valence-corrected chi connectivity index (χ2v) is 7.06. The molecule has 0 spiro atoms. The highest BCUT2D eigenvalue weighted by Gasteiger charge is 2.67. The second-order valence-electron chi connectivity index (χ2n) is 6.62. The molecule has 1 N–H and O–H groups in total. The van der Waals surface area contributed by atoms with Gasteiger partial charge in [0.2, 0.25) is 0 Å². The summed E-state index contributed by atoms with van der Waals surface area (Å²) in [6, 6.07) is 5.04. The van der Waals surface area contributed by atoms with Crippen molar-refractivity contribution in [2.24, 2.45) is 16.7 Å². The van der Waals surface area contributed by atoms with Gasteiger partial charge in [0.15, 0.2) is 0 Å². The predicted molar refractivity (Wildman–Crippen MR) is 78.9 cm³/mol. The highest BCUT2D eigenvalue weighted by atomic mass is 35.5. The van der Waals surface area contributed by atoms with Crippen LogP contribution in [0.15, 0.2) is 18.2 Å². The summed E-state index contributed by atoms with van der Waals surface area (Å²) in [7, 11) is 0. The summed E-state index contributed by atoms with van der Waals surface area (Å²) in [5.74, 6) is 0.215. The number of benzene rings is 1. The van der Waals surface area contributed by atoms with Gasteiger partial charge >= 0.3 is 0 Å². The molecule has 1 aromatic rings. The maximum absolute atomic E-state index is 14.2. The van der Waals surface area contributed by atoms with E-state index in [9.17, 15) is 4.39 Å². The van der Waals surface area contributed by atoms with Crippen LogP contribution in [0.25, 0.3) is 0 Å². The minimum absolute atomic E-state index is 0.0484. The maximum Gasteiger partial charge on any atom is 0.129 e. The number of hydrogen-bond acceptors (Lipinski definition) is 1. The van der Waals surface area contributed by atoms with Gasteiger partial charge in [-0.15, -0.1) is 0 Å². The van der Waals surface area contributed by atoms with Crippen molar-refractivity contribution >= 4 is 11.6 Å². The molecule has 106 valence electrons. The first-order valence-electron chi connectivity index (χ1n) is 6.91. The second kappa shape index (κ2) is 4.75. The first-order valence-corrected chi connectivity index (χ1v) is 7.29. The molecule has 1 aliphatic rings. The zero-order valence-corrected chi connectivity index (χ0v) is 13.1. The normalized spacial score (nSPS) is 22.3. The summed E-state index contributed by atoms with van der Waals surface area (Å²) < 4.78 is 14.2. The van der Waals surface area contributed by atoms with Crippen LogP contribution in [0.4, 0.5) is 4.39 Å². The lowest BCUT2D eigenvalue weighted by molar-refractivity contribution is 0.403. The Morgan fingerprint density at radius 2 is 1.84 bits per heavy atom. The first-order chi connectivity index (χ1) is 8.73. The van der Waals surface area contributed by atoms with E-state index in [4.69, 9.17) is 11.6 Å². The van der Waals surface area contributed by atoms with Crippen LogP contribution in [0.1, 0.15) is 46.2 Å². The summed E-state index contributed by atoms with van der Waals surface area (Å²) in [5.41, 5.74) is 1.16. The van der Waals surface area contributed by atoms with Crippen LogP contribution in [-0.2, 0) is 0 Å². The number of halogens is 2. The molecule has 0 aliphatic heterocycles. The minimum atomic E-state index is -0.211. The molecule has 2 rings (SSSR count). The van der Waals surface area contributed by atoms with Crippen molar-refractivity contribution < 1.29 is 4.39 Å². The largest absolute Gasteiger partial charge is 0.310 e. The summed E-state index contributed by atoms with van der Waals surface area (Å²) in [4.78, 5) is 0. The highest BCUT2D eigenvalue weighted by molar-refractivity contribution is 6.30. The molecule has 1 aromatic carbocycles. The molecule has 0 saturated heterocycles. The van der Waals surface area contributed by atoms with Crippen LogP contribution in [0.5, 0.6) is 0 Å². The van der Waals surface area contributed by atoms with Crippen LogP contribution < -0.4 is 5.32 Å². The zero-order valence-electron chi connectivity index (χ0n) is 12.3. The Morgan fingerprint density at radius 3 is 2.26 bits per heavy atom. The molecule has 1 unspecified atom stereocenters. The molecule has 0 aromatic heterocycles. The Kier molecular flexibility index (Phi) is 3.70. The van der Waals surface area contributed by atoms with Gasteiger partial charge < -0.3 is 5.32 Å². The minimum Gasteiger partial charge on any atom is -0.310 e. The molecular weight excluding hydrogens is 261 g/mol. The Balaban J connectivity index is 2.37. The summed E-state index contributed by atoms with van der Waals surface area (Å²) in [5, 5.41) is 3.90. The van der Waals surface area contributed by atoms with Gasteiger partial charge in [-0.25, -0.2) is 4.39 Å². The van der Waals surface area contributed by atoms with Gasteiger partial charge in [-0.3, -0.25) is 0 Å². The predicted octanol–water partition coefficient (Wildman–Crippen LogP) is 4.81. The van der Waals surface area contributed by atoms with Crippen molar-refractivity contribution in [2.45, 2.75) is 40.7 Å². The highest BCUT2D eigenvalue weighted by Crippen LogP contribution is 2.72. The topological polar surface area (TPSA) is 12.0 Å². The molecule has 1 aliphatic carbocycles. The summed E-state index contributed by atoms with van der Waals surface area (Å²) in [6.45, 7) is 11.9. The quantitative estimate of drug-likeness (QED) is 0.836. The van der Waals surface area contributed by atoms with Crippen molar-refractivity contribution in [1.29, 1.82) is 0 Å². The Hall–Kier alpha value is -0.600. The van der Waals surface area contributed by atoms with Crippen molar-refractivity contribution in [2.75, 3.05) is 6.54 Å². The van der Waals surface area contributed by atoms with Gasteiger partial charge in [0.05, 0.1) is 0 Å². The number of hydrogen-bond donors (Lipinski definition) is 1. The Morgan fingerprint density at radius 1 is 1.26 bits per heavy atom. The molecule has 0 amide bonds. The molecule has 3 heteroatoms. The summed E-state index contributed by atoms with van der Waals surface area (Å²) in [6.07, 6.45) is 0. The molecule has 0 radical (unpaired) electrons. The van der Waals surface area contributed by atoms with Crippen molar-refractivity contribution in [3.05, 3.63) is 34.6 Å². The smallest absolute Gasteiger partial charge is 0.129 e. The van der Waals surface area contributed by atoms with Crippen molar-refractivity contribution in [3.8, 4) is 0 Å². The van der Waals surface area contributed by atoms with E-state index in [1.807, 2.05) is 6.07 Å². The lowest BCUT2D eigenvalue weighted by Crippen LogP contribution is -2.26. The Bertz CT molecular complexity index is 468. The number of nitrogens with one attached hydrogen (secondary N) is 1. The van der Waals surface area contributed by atoms with E-state index < -0.39 is 0 Å². The number of rotatable bonds is 4. The third-order valence-corrected chi connectivity index (χ3v) is 5.42. The zero-order chi connectivity index (χ0) is 14.4. The molecule has 19 heavy (non-hydrogen) atoms. The van der Waals surface area contributed by atoms with Gasteiger partial charge in [0.1, 0.15) is 5.82 Å². The van der Waals surface area contributed by atoms with Gasteiger partial charge in [0, 0.05) is 16.6 Å². The van der Waals surface area contributed by atoms with Gasteiger partial charge in [-0.1, -0.05) is 52.3 Å².